The average Bonchev–Trinajstić information content (AvgIpc) is 2.99. The van der Waals surface area contributed by atoms with Gasteiger partial charge in [-0.1, -0.05) is 25.1 Å². The highest BCUT2D eigenvalue weighted by Gasteiger charge is 2.27. The summed E-state index contributed by atoms with van der Waals surface area (Å²) in [6, 6.07) is 7.79. The van der Waals surface area contributed by atoms with Gasteiger partial charge in [0.25, 0.3) is 0 Å². The third-order valence-corrected chi connectivity index (χ3v) is 4.16. The number of hydrogen-bond donors (Lipinski definition) is 1. The van der Waals surface area contributed by atoms with Crippen molar-refractivity contribution in [3.8, 4) is 0 Å². The van der Waals surface area contributed by atoms with E-state index in [2.05, 4.69) is 11.8 Å². The van der Waals surface area contributed by atoms with Crippen molar-refractivity contribution in [2.24, 2.45) is 0 Å². The van der Waals surface area contributed by atoms with Crippen LogP contribution in [0, 0.1) is 0 Å². The standard InChI is InChI=1S/C16H25N3O/c1-3-18(12-14-8-4-5-9-15(14)17)13(2)16(20)19-10-6-7-11-19/h4-5,8-9,13H,3,6-7,10-12,17H2,1-2H3. The summed E-state index contributed by atoms with van der Waals surface area (Å²) in [6.07, 6.45) is 2.27. The van der Waals surface area contributed by atoms with Gasteiger partial charge in [-0.15, -0.1) is 0 Å². The fourth-order valence-corrected chi connectivity index (χ4v) is 2.78. The number of hydrogen-bond acceptors (Lipinski definition) is 3. The molecular weight excluding hydrogens is 250 g/mol. The van der Waals surface area contributed by atoms with Gasteiger partial charge in [-0.3, -0.25) is 9.69 Å². The molecule has 1 aromatic carbocycles. The monoisotopic (exact) mass is 275 g/mol. The van der Waals surface area contributed by atoms with Gasteiger partial charge in [0.1, 0.15) is 0 Å². The first-order chi connectivity index (χ1) is 9.63. The Labute approximate surface area is 121 Å². The Morgan fingerprint density at radius 1 is 1.35 bits per heavy atom. The Morgan fingerprint density at radius 3 is 2.60 bits per heavy atom. The lowest BCUT2D eigenvalue weighted by atomic mass is 10.1. The maximum atomic E-state index is 12.5. The average molecular weight is 275 g/mol. The fraction of sp³-hybridized carbons (Fsp3) is 0.562. The molecule has 1 unspecified atom stereocenters. The third-order valence-electron chi connectivity index (χ3n) is 4.16. The molecule has 0 aliphatic carbocycles. The summed E-state index contributed by atoms with van der Waals surface area (Å²) in [5, 5.41) is 0. The predicted molar refractivity (Wildman–Crippen MR) is 82.2 cm³/mol. The number of likely N-dealkylation sites (tertiary alicyclic amines) is 1. The van der Waals surface area contributed by atoms with Crippen molar-refractivity contribution in [2.45, 2.75) is 39.3 Å². The maximum Gasteiger partial charge on any atom is 0.239 e. The lowest BCUT2D eigenvalue weighted by Gasteiger charge is -2.30. The van der Waals surface area contributed by atoms with E-state index in [1.54, 1.807) is 0 Å². The molecule has 1 fully saturated rings. The van der Waals surface area contributed by atoms with E-state index in [9.17, 15) is 4.79 Å². The van der Waals surface area contributed by atoms with Crippen LogP contribution >= 0.6 is 0 Å². The Hall–Kier alpha value is -1.55. The molecule has 4 nitrogen and oxygen atoms in total. The summed E-state index contributed by atoms with van der Waals surface area (Å²) in [4.78, 5) is 16.6. The second-order valence-corrected chi connectivity index (χ2v) is 5.47. The first-order valence-electron chi connectivity index (χ1n) is 7.49. The van der Waals surface area contributed by atoms with Gasteiger partial charge in [-0.2, -0.15) is 0 Å². The second-order valence-electron chi connectivity index (χ2n) is 5.47. The van der Waals surface area contributed by atoms with E-state index in [0.29, 0.717) is 0 Å². The normalized spacial score (nSPS) is 16.6. The molecule has 1 amide bonds. The molecule has 0 saturated carbocycles. The molecule has 0 bridgehead atoms. The summed E-state index contributed by atoms with van der Waals surface area (Å²) >= 11 is 0. The van der Waals surface area contributed by atoms with Crippen LogP contribution < -0.4 is 5.73 Å². The number of rotatable bonds is 5. The SMILES string of the molecule is CCN(Cc1ccccc1N)C(C)C(=O)N1CCCC1. The number of anilines is 1. The second kappa shape index (κ2) is 6.75. The number of amides is 1. The molecule has 0 aromatic heterocycles. The molecule has 1 aliphatic heterocycles. The van der Waals surface area contributed by atoms with Crippen LogP contribution in [-0.4, -0.2) is 41.4 Å². The topological polar surface area (TPSA) is 49.6 Å². The van der Waals surface area contributed by atoms with Crippen LogP contribution in [0.15, 0.2) is 24.3 Å². The third kappa shape index (κ3) is 3.31. The van der Waals surface area contributed by atoms with Crippen molar-refractivity contribution < 1.29 is 4.79 Å². The molecule has 20 heavy (non-hydrogen) atoms. The Balaban J connectivity index is 2.03. The molecule has 1 saturated heterocycles. The molecule has 110 valence electrons. The highest BCUT2D eigenvalue weighted by molar-refractivity contribution is 5.81. The molecule has 4 heteroatoms. The maximum absolute atomic E-state index is 12.5. The zero-order valence-corrected chi connectivity index (χ0v) is 12.5. The minimum atomic E-state index is -0.0855. The molecule has 1 atom stereocenters. The predicted octanol–water partition coefficient (Wildman–Crippen LogP) is 2.10. The number of nitrogens with zero attached hydrogens (tertiary/aromatic N) is 2. The van der Waals surface area contributed by atoms with Gasteiger partial charge < -0.3 is 10.6 Å². The molecule has 2 N–H and O–H groups in total. The Kier molecular flexibility index (Phi) is 5.01. The number of carbonyl (C=O) groups is 1. The fourth-order valence-electron chi connectivity index (χ4n) is 2.78. The highest BCUT2D eigenvalue weighted by atomic mass is 16.2. The van der Waals surface area contributed by atoms with Gasteiger partial charge in [0.15, 0.2) is 0 Å². The first kappa shape index (κ1) is 14.9. The largest absolute Gasteiger partial charge is 0.398 e. The lowest BCUT2D eigenvalue weighted by molar-refractivity contribution is -0.135. The Bertz CT molecular complexity index is 455. The van der Waals surface area contributed by atoms with Crippen molar-refractivity contribution in [1.29, 1.82) is 0 Å². The van der Waals surface area contributed by atoms with Crippen molar-refractivity contribution in [2.75, 3.05) is 25.4 Å². The van der Waals surface area contributed by atoms with Crippen LogP contribution in [0.4, 0.5) is 5.69 Å². The van der Waals surface area contributed by atoms with Gasteiger partial charge in [0.05, 0.1) is 6.04 Å². The minimum Gasteiger partial charge on any atom is -0.398 e. The van der Waals surface area contributed by atoms with Crippen LogP contribution in [0.3, 0.4) is 0 Å². The first-order valence-corrected chi connectivity index (χ1v) is 7.49. The number of nitrogen functional groups attached to an aromatic ring is 1. The van der Waals surface area contributed by atoms with E-state index in [1.165, 1.54) is 0 Å². The molecular formula is C16H25N3O. The van der Waals surface area contributed by atoms with E-state index < -0.39 is 0 Å². The van der Waals surface area contributed by atoms with Gasteiger partial charge in [-0.25, -0.2) is 0 Å². The highest BCUT2D eigenvalue weighted by Crippen LogP contribution is 2.17. The van der Waals surface area contributed by atoms with E-state index in [4.69, 9.17) is 5.73 Å². The molecule has 1 aliphatic rings. The van der Waals surface area contributed by atoms with Crippen LogP contribution in [0.5, 0.6) is 0 Å². The van der Waals surface area contributed by atoms with Gasteiger partial charge in [0, 0.05) is 25.3 Å². The molecule has 0 radical (unpaired) electrons. The van der Waals surface area contributed by atoms with Crippen molar-refractivity contribution in [3.05, 3.63) is 29.8 Å². The number of benzene rings is 1. The molecule has 2 rings (SSSR count). The lowest BCUT2D eigenvalue weighted by Crippen LogP contribution is -2.45. The number of likely N-dealkylation sites (N-methyl/N-ethyl adjacent to an activating group) is 1. The van der Waals surface area contributed by atoms with Crippen LogP contribution in [-0.2, 0) is 11.3 Å². The molecule has 1 aromatic rings. The van der Waals surface area contributed by atoms with E-state index in [0.717, 1.165) is 50.3 Å². The van der Waals surface area contributed by atoms with Crippen LogP contribution in [0.25, 0.3) is 0 Å². The van der Waals surface area contributed by atoms with Crippen LogP contribution in [0.2, 0.25) is 0 Å². The number of nitrogens with two attached hydrogens (primary N) is 1. The zero-order chi connectivity index (χ0) is 14.5. The van der Waals surface area contributed by atoms with Gasteiger partial charge >= 0.3 is 0 Å². The summed E-state index contributed by atoms with van der Waals surface area (Å²) in [5.41, 5.74) is 7.89. The minimum absolute atomic E-state index is 0.0855. The summed E-state index contributed by atoms with van der Waals surface area (Å²) in [6.45, 7) is 7.48. The quantitative estimate of drug-likeness (QED) is 0.837. The van der Waals surface area contributed by atoms with Crippen molar-refractivity contribution >= 4 is 11.6 Å². The van der Waals surface area contributed by atoms with E-state index in [1.807, 2.05) is 36.1 Å². The van der Waals surface area contributed by atoms with Gasteiger partial charge in [0.2, 0.25) is 5.91 Å². The smallest absolute Gasteiger partial charge is 0.239 e. The van der Waals surface area contributed by atoms with E-state index in [-0.39, 0.29) is 11.9 Å². The van der Waals surface area contributed by atoms with Gasteiger partial charge in [-0.05, 0) is 37.9 Å². The van der Waals surface area contributed by atoms with Crippen molar-refractivity contribution in [3.63, 3.8) is 0 Å². The van der Waals surface area contributed by atoms with Crippen LogP contribution in [0.1, 0.15) is 32.3 Å². The molecule has 0 spiro atoms. The molecule has 1 heterocycles. The number of para-hydroxylation sites is 1. The zero-order valence-electron chi connectivity index (χ0n) is 12.5. The summed E-state index contributed by atoms with van der Waals surface area (Å²) in [5.74, 6) is 0.249. The van der Waals surface area contributed by atoms with E-state index >= 15 is 0 Å². The van der Waals surface area contributed by atoms with Crippen molar-refractivity contribution in [1.82, 2.24) is 9.80 Å². The Morgan fingerprint density at radius 2 is 2.00 bits per heavy atom. The summed E-state index contributed by atoms with van der Waals surface area (Å²) < 4.78 is 0. The number of carbonyl (C=O) groups excluding carboxylic acids is 1. The summed E-state index contributed by atoms with van der Waals surface area (Å²) in [7, 11) is 0.